The minimum atomic E-state index is -0.475. The second-order valence-corrected chi connectivity index (χ2v) is 11.2. The standard InChI is InChI=1S/C23H28BFN4O4/c1-20(2)21(3,4)33-24(32-20)23-12-22(13-23,14-23)17-6-5-15(9-18(17)25)29-11-16(31-19(29)30)10-28-8-7-26-27-28/h5-9,16H,10-14H2,1-4H3/t16-,22?,23?/m0/s1. The smallest absolute Gasteiger partial charge is 0.442 e. The molecule has 1 aromatic heterocycles. The third-order valence-corrected chi connectivity index (χ3v) is 8.40. The lowest BCUT2D eigenvalue weighted by Gasteiger charge is -2.71. The molecule has 174 valence electrons. The Balaban J connectivity index is 1.14. The molecule has 0 unspecified atom stereocenters. The van der Waals surface area contributed by atoms with Gasteiger partial charge >= 0.3 is 13.2 Å². The summed E-state index contributed by atoms with van der Waals surface area (Å²) in [4.78, 5) is 13.9. The summed E-state index contributed by atoms with van der Waals surface area (Å²) in [6.45, 7) is 9.00. The molecule has 2 bridgehead atoms. The highest BCUT2D eigenvalue weighted by atomic mass is 19.1. The second kappa shape index (κ2) is 6.57. The molecule has 3 aliphatic carbocycles. The minimum absolute atomic E-state index is 0.0243. The average Bonchev–Trinajstić information content (AvgIpc) is 3.34. The predicted molar refractivity (Wildman–Crippen MR) is 118 cm³/mol. The lowest BCUT2D eigenvalue weighted by molar-refractivity contribution is -0.0406. The van der Waals surface area contributed by atoms with Crippen LogP contribution in [0.25, 0.3) is 0 Å². The number of carbonyl (C=O) groups excluding carboxylic acids is 1. The van der Waals surface area contributed by atoms with E-state index in [1.54, 1.807) is 17.1 Å². The van der Waals surface area contributed by atoms with Crippen LogP contribution in [-0.4, -0.2) is 52.1 Å². The van der Waals surface area contributed by atoms with Crippen LogP contribution in [0.15, 0.2) is 30.6 Å². The first-order chi connectivity index (χ1) is 15.5. The van der Waals surface area contributed by atoms with Gasteiger partial charge in [-0.3, -0.25) is 4.90 Å². The summed E-state index contributed by atoms with van der Waals surface area (Å²) in [5.41, 5.74) is 0.353. The number of hydrogen-bond donors (Lipinski definition) is 0. The number of ether oxygens (including phenoxy) is 1. The molecule has 0 N–H and O–H groups in total. The van der Waals surface area contributed by atoms with Crippen LogP contribution >= 0.6 is 0 Å². The van der Waals surface area contributed by atoms with Gasteiger partial charge in [-0.05, 0) is 70.1 Å². The molecule has 33 heavy (non-hydrogen) atoms. The molecule has 3 saturated carbocycles. The van der Waals surface area contributed by atoms with Crippen LogP contribution in [0.2, 0.25) is 5.31 Å². The molecule has 7 rings (SSSR count). The molecule has 1 aromatic carbocycles. The predicted octanol–water partition coefficient (Wildman–Crippen LogP) is 3.71. The zero-order valence-electron chi connectivity index (χ0n) is 19.4. The van der Waals surface area contributed by atoms with Crippen molar-refractivity contribution in [3.8, 4) is 0 Å². The van der Waals surface area contributed by atoms with Crippen molar-refractivity contribution in [2.45, 2.75) is 81.5 Å². The Morgan fingerprint density at radius 3 is 2.45 bits per heavy atom. The Kier molecular flexibility index (Phi) is 4.20. The van der Waals surface area contributed by atoms with Gasteiger partial charge in [0.15, 0.2) is 0 Å². The number of carbonyl (C=O) groups is 1. The normalized spacial score (nSPS) is 33.6. The minimum Gasteiger partial charge on any atom is -0.442 e. The summed E-state index contributed by atoms with van der Waals surface area (Å²) in [5, 5.41) is 7.64. The van der Waals surface area contributed by atoms with Crippen LogP contribution < -0.4 is 4.90 Å². The summed E-state index contributed by atoms with van der Waals surface area (Å²) < 4.78 is 34.9. The van der Waals surface area contributed by atoms with Crippen LogP contribution in [0.4, 0.5) is 14.9 Å². The van der Waals surface area contributed by atoms with E-state index >= 15 is 4.39 Å². The van der Waals surface area contributed by atoms with Crippen molar-refractivity contribution < 1.29 is 23.2 Å². The van der Waals surface area contributed by atoms with Crippen molar-refractivity contribution in [2.75, 3.05) is 11.4 Å². The Morgan fingerprint density at radius 2 is 1.85 bits per heavy atom. The summed E-state index contributed by atoms with van der Waals surface area (Å²) >= 11 is 0. The molecule has 2 saturated heterocycles. The Labute approximate surface area is 192 Å². The monoisotopic (exact) mass is 454 g/mol. The van der Waals surface area contributed by atoms with Gasteiger partial charge in [-0.2, -0.15) is 0 Å². The van der Waals surface area contributed by atoms with Crippen molar-refractivity contribution in [3.05, 3.63) is 42.0 Å². The average molecular weight is 454 g/mol. The zero-order chi connectivity index (χ0) is 23.2. The Morgan fingerprint density at radius 1 is 1.15 bits per heavy atom. The summed E-state index contributed by atoms with van der Waals surface area (Å²) in [7, 11) is -0.243. The van der Waals surface area contributed by atoms with Gasteiger partial charge in [-0.25, -0.2) is 13.9 Å². The molecule has 10 heteroatoms. The number of halogens is 1. The van der Waals surface area contributed by atoms with Gasteiger partial charge < -0.3 is 14.0 Å². The fourth-order valence-electron chi connectivity index (χ4n) is 5.96. The highest BCUT2D eigenvalue weighted by molar-refractivity contribution is 6.51. The lowest BCUT2D eigenvalue weighted by Crippen LogP contribution is -2.66. The van der Waals surface area contributed by atoms with Crippen molar-refractivity contribution >= 4 is 18.9 Å². The van der Waals surface area contributed by atoms with Gasteiger partial charge in [0.2, 0.25) is 0 Å². The highest BCUT2D eigenvalue weighted by Crippen LogP contribution is 2.81. The molecule has 3 heterocycles. The SMILES string of the molecule is CC1(C)OB(C23CC(c4ccc(N5C[C@H](Cn6ccnn6)OC5=O)cc4F)(C2)C3)OC1(C)C. The largest absolute Gasteiger partial charge is 0.464 e. The molecule has 8 nitrogen and oxygen atoms in total. The molecule has 2 aromatic rings. The number of aromatic nitrogens is 3. The molecule has 5 aliphatic rings. The second-order valence-electron chi connectivity index (χ2n) is 11.2. The van der Waals surface area contributed by atoms with E-state index in [1.165, 1.54) is 11.0 Å². The van der Waals surface area contributed by atoms with Gasteiger partial charge in [0.1, 0.15) is 11.9 Å². The van der Waals surface area contributed by atoms with Gasteiger partial charge in [-0.15, -0.1) is 5.10 Å². The first kappa shape index (κ1) is 21.1. The van der Waals surface area contributed by atoms with E-state index in [0.29, 0.717) is 18.8 Å². The van der Waals surface area contributed by atoms with Crippen LogP contribution in [0.5, 0.6) is 0 Å². The maximum absolute atomic E-state index is 15.3. The Bertz CT molecular complexity index is 1090. The summed E-state index contributed by atoms with van der Waals surface area (Å²) in [6.07, 6.45) is 5.03. The van der Waals surface area contributed by atoms with E-state index in [4.69, 9.17) is 14.0 Å². The number of hydrogen-bond acceptors (Lipinski definition) is 6. The first-order valence-electron chi connectivity index (χ1n) is 11.5. The molecule has 0 spiro atoms. The third-order valence-electron chi connectivity index (χ3n) is 8.40. The quantitative estimate of drug-likeness (QED) is 0.641. The zero-order valence-corrected chi connectivity index (χ0v) is 19.4. The molecule has 2 aliphatic heterocycles. The van der Waals surface area contributed by atoms with Crippen molar-refractivity contribution in [1.29, 1.82) is 0 Å². The van der Waals surface area contributed by atoms with Gasteiger partial charge in [0.25, 0.3) is 0 Å². The molecule has 1 amide bonds. The number of cyclic esters (lactones) is 1. The van der Waals surface area contributed by atoms with Gasteiger partial charge in [-0.1, -0.05) is 11.3 Å². The molecular formula is C23H28BFN4O4. The van der Waals surface area contributed by atoms with E-state index in [9.17, 15) is 4.79 Å². The van der Waals surface area contributed by atoms with Gasteiger partial charge in [0.05, 0.1) is 36.2 Å². The third kappa shape index (κ3) is 2.99. The number of rotatable bonds is 5. The van der Waals surface area contributed by atoms with E-state index in [-0.39, 0.29) is 41.0 Å². The first-order valence-corrected chi connectivity index (χ1v) is 11.5. The fourth-order valence-corrected chi connectivity index (χ4v) is 5.96. The topological polar surface area (TPSA) is 78.7 Å². The fraction of sp³-hybridized carbons (Fsp3) is 0.609. The van der Waals surface area contributed by atoms with Gasteiger partial charge in [0, 0.05) is 11.5 Å². The number of anilines is 1. The Hall–Kier alpha value is -2.46. The maximum Gasteiger partial charge on any atom is 0.464 e. The number of amides is 1. The van der Waals surface area contributed by atoms with Crippen LogP contribution in [0.3, 0.4) is 0 Å². The van der Waals surface area contributed by atoms with Crippen LogP contribution in [0, 0.1) is 5.82 Å². The van der Waals surface area contributed by atoms with E-state index < -0.39 is 6.09 Å². The highest BCUT2D eigenvalue weighted by Gasteiger charge is 2.77. The van der Waals surface area contributed by atoms with E-state index in [2.05, 4.69) is 38.0 Å². The van der Waals surface area contributed by atoms with Crippen molar-refractivity contribution in [3.63, 3.8) is 0 Å². The molecular weight excluding hydrogens is 426 g/mol. The summed E-state index contributed by atoms with van der Waals surface area (Å²) in [6, 6.07) is 5.10. The maximum atomic E-state index is 15.3. The molecule has 1 atom stereocenters. The van der Waals surface area contributed by atoms with E-state index in [1.807, 2.05) is 12.1 Å². The van der Waals surface area contributed by atoms with Crippen molar-refractivity contribution in [2.24, 2.45) is 0 Å². The number of nitrogens with zero attached hydrogens (tertiary/aromatic N) is 4. The van der Waals surface area contributed by atoms with Crippen molar-refractivity contribution in [1.82, 2.24) is 15.0 Å². The summed E-state index contributed by atoms with van der Waals surface area (Å²) in [5.74, 6) is -0.276. The van der Waals surface area contributed by atoms with Crippen LogP contribution in [0.1, 0.15) is 52.5 Å². The van der Waals surface area contributed by atoms with E-state index in [0.717, 1.165) is 24.8 Å². The molecule has 0 radical (unpaired) electrons. The van der Waals surface area contributed by atoms with Crippen LogP contribution in [-0.2, 0) is 26.0 Å². The molecule has 5 fully saturated rings. The number of benzene rings is 1. The lowest BCUT2D eigenvalue weighted by atomic mass is 9.23.